The quantitative estimate of drug-likeness (QED) is 0.802. The van der Waals surface area contributed by atoms with Gasteiger partial charge < -0.3 is 10.1 Å². The summed E-state index contributed by atoms with van der Waals surface area (Å²) in [5.41, 5.74) is -0.178. The highest BCUT2D eigenvalue weighted by Crippen LogP contribution is 2.27. The third-order valence-electron chi connectivity index (χ3n) is 3.97. The summed E-state index contributed by atoms with van der Waals surface area (Å²) < 4.78 is 46.0. The van der Waals surface area contributed by atoms with Crippen molar-refractivity contribution in [3.8, 4) is 0 Å². The van der Waals surface area contributed by atoms with Crippen molar-refractivity contribution in [3.63, 3.8) is 0 Å². The number of carbonyl (C=O) groups is 1. The molecule has 6 nitrogen and oxygen atoms in total. The summed E-state index contributed by atoms with van der Waals surface area (Å²) in [5, 5.41) is 3.01. The minimum atomic E-state index is -3.86. The maximum Gasteiger partial charge on any atom is 0.258 e. The predicted octanol–water partition coefficient (Wildman–Crippen LogP) is 3.41. The number of benzene rings is 2. The van der Waals surface area contributed by atoms with Gasteiger partial charge in [0.2, 0.25) is 10.0 Å². The average Bonchev–Trinajstić information content (AvgIpc) is 2.65. The fourth-order valence-corrected chi connectivity index (χ4v) is 4.45. The van der Waals surface area contributed by atoms with Crippen molar-refractivity contribution in [1.29, 1.82) is 0 Å². The molecule has 0 saturated carbocycles. The molecule has 1 aliphatic heterocycles. The first kappa shape index (κ1) is 20.0. The zero-order valence-corrected chi connectivity index (χ0v) is 16.2. The van der Waals surface area contributed by atoms with Crippen LogP contribution in [0.4, 0.5) is 10.1 Å². The lowest BCUT2D eigenvalue weighted by Crippen LogP contribution is -2.40. The maximum absolute atomic E-state index is 14.2. The zero-order chi connectivity index (χ0) is 19.6. The number of carbonyl (C=O) groups excluding carboxylic acids is 1. The van der Waals surface area contributed by atoms with Crippen molar-refractivity contribution >= 4 is 44.8 Å². The largest absolute Gasteiger partial charge is 0.379 e. The lowest BCUT2D eigenvalue weighted by molar-refractivity contribution is 0.0730. The van der Waals surface area contributed by atoms with Crippen molar-refractivity contribution in [2.75, 3.05) is 31.6 Å². The van der Waals surface area contributed by atoms with E-state index in [2.05, 4.69) is 5.32 Å². The van der Waals surface area contributed by atoms with Crippen LogP contribution < -0.4 is 5.32 Å². The van der Waals surface area contributed by atoms with E-state index in [0.29, 0.717) is 5.02 Å². The number of rotatable bonds is 4. The molecule has 2 aromatic rings. The number of ether oxygens (including phenoxy) is 1. The molecule has 10 heteroatoms. The van der Waals surface area contributed by atoms with Crippen molar-refractivity contribution in [2.24, 2.45) is 0 Å². The first-order chi connectivity index (χ1) is 12.8. The van der Waals surface area contributed by atoms with Crippen LogP contribution in [0.15, 0.2) is 41.3 Å². The Bertz CT molecular complexity index is 979. The second-order valence-electron chi connectivity index (χ2n) is 5.74. The number of nitrogens with zero attached hydrogens (tertiary/aromatic N) is 1. The third kappa shape index (κ3) is 4.41. The summed E-state index contributed by atoms with van der Waals surface area (Å²) in [7, 11) is -3.86. The van der Waals surface area contributed by atoms with Crippen molar-refractivity contribution < 1.29 is 22.3 Å². The monoisotopic (exact) mass is 432 g/mol. The molecule has 0 bridgehead atoms. The molecule has 0 radical (unpaired) electrons. The van der Waals surface area contributed by atoms with Crippen LogP contribution in [0, 0.1) is 5.82 Å². The predicted molar refractivity (Wildman–Crippen MR) is 100 cm³/mol. The van der Waals surface area contributed by atoms with Gasteiger partial charge in [-0.2, -0.15) is 4.31 Å². The Labute approximate surface area is 165 Å². The smallest absolute Gasteiger partial charge is 0.258 e. The molecule has 1 saturated heterocycles. The molecule has 1 aliphatic rings. The van der Waals surface area contributed by atoms with Crippen molar-refractivity contribution in [3.05, 3.63) is 57.8 Å². The number of amides is 1. The number of sulfonamides is 1. The Morgan fingerprint density at radius 2 is 1.81 bits per heavy atom. The topological polar surface area (TPSA) is 75.7 Å². The van der Waals surface area contributed by atoms with Crippen molar-refractivity contribution in [2.45, 2.75) is 4.90 Å². The average molecular weight is 433 g/mol. The molecule has 3 rings (SSSR count). The summed E-state index contributed by atoms with van der Waals surface area (Å²) in [6.45, 7) is 0.953. The molecular formula is C17H15Cl2FN2O4S. The summed E-state index contributed by atoms with van der Waals surface area (Å²) in [5.74, 6) is -1.67. The molecule has 1 amide bonds. The van der Waals surface area contributed by atoms with Gasteiger partial charge in [-0.25, -0.2) is 12.8 Å². The number of hydrogen-bond acceptors (Lipinski definition) is 4. The van der Waals surface area contributed by atoms with Crippen LogP contribution in [0.5, 0.6) is 0 Å². The van der Waals surface area contributed by atoms with Gasteiger partial charge in [0.25, 0.3) is 5.91 Å². The Kier molecular flexibility index (Phi) is 6.02. The minimum Gasteiger partial charge on any atom is -0.379 e. The van der Waals surface area contributed by atoms with E-state index in [4.69, 9.17) is 27.9 Å². The van der Waals surface area contributed by atoms with Crippen LogP contribution in [0.2, 0.25) is 10.0 Å². The highest BCUT2D eigenvalue weighted by atomic mass is 35.5. The SMILES string of the molecule is O=C(Nc1ccc(Cl)cc1Cl)c1cc(S(=O)(=O)N2CCOCC2)ccc1F. The highest BCUT2D eigenvalue weighted by molar-refractivity contribution is 7.89. The second kappa shape index (κ2) is 8.12. The normalized spacial score (nSPS) is 15.5. The first-order valence-electron chi connectivity index (χ1n) is 7.93. The molecule has 0 aromatic heterocycles. The standard InChI is InChI=1S/C17H15Cl2FN2O4S/c18-11-1-4-16(14(19)9-11)21-17(23)13-10-12(2-3-15(13)20)27(24,25)22-5-7-26-8-6-22/h1-4,9-10H,5-8H2,(H,21,23). The van der Waals surface area contributed by atoms with Crippen LogP contribution in [0.25, 0.3) is 0 Å². The fourth-order valence-electron chi connectivity index (χ4n) is 2.56. The summed E-state index contributed by atoms with van der Waals surface area (Å²) >= 11 is 11.8. The van der Waals surface area contributed by atoms with Gasteiger partial charge in [0, 0.05) is 18.1 Å². The molecule has 1 heterocycles. The molecule has 0 aliphatic carbocycles. The molecule has 1 N–H and O–H groups in total. The molecule has 2 aromatic carbocycles. The number of nitrogens with one attached hydrogen (secondary N) is 1. The van der Waals surface area contributed by atoms with Gasteiger partial charge >= 0.3 is 0 Å². The van der Waals surface area contributed by atoms with E-state index in [1.807, 2.05) is 0 Å². The van der Waals surface area contributed by atoms with Crippen LogP contribution in [-0.4, -0.2) is 44.9 Å². The van der Waals surface area contributed by atoms with Gasteiger partial charge in [-0.1, -0.05) is 23.2 Å². The summed E-state index contributed by atoms with van der Waals surface area (Å²) in [6.07, 6.45) is 0. The van der Waals surface area contributed by atoms with Gasteiger partial charge in [0.05, 0.1) is 34.4 Å². The van der Waals surface area contributed by atoms with E-state index in [9.17, 15) is 17.6 Å². The fraction of sp³-hybridized carbons (Fsp3) is 0.235. The van der Waals surface area contributed by atoms with E-state index >= 15 is 0 Å². The number of anilines is 1. The highest BCUT2D eigenvalue weighted by Gasteiger charge is 2.28. The molecule has 0 spiro atoms. The van der Waals surface area contributed by atoms with Crippen LogP contribution in [0.3, 0.4) is 0 Å². The lowest BCUT2D eigenvalue weighted by atomic mass is 10.2. The molecule has 0 unspecified atom stereocenters. The summed E-state index contributed by atoms with van der Waals surface area (Å²) in [6, 6.07) is 7.50. The van der Waals surface area contributed by atoms with Gasteiger partial charge in [-0.3, -0.25) is 4.79 Å². The Morgan fingerprint density at radius 1 is 1.11 bits per heavy atom. The van der Waals surface area contributed by atoms with E-state index < -0.39 is 27.3 Å². The lowest BCUT2D eigenvalue weighted by Gasteiger charge is -2.26. The second-order valence-corrected chi connectivity index (χ2v) is 8.52. The van der Waals surface area contributed by atoms with Crippen LogP contribution in [0.1, 0.15) is 10.4 Å². The van der Waals surface area contributed by atoms with E-state index in [1.165, 1.54) is 22.5 Å². The minimum absolute atomic E-state index is 0.168. The Morgan fingerprint density at radius 3 is 2.48 bits per heavy atom. The summed E-state index contributed by atoms with van der Waals surface area (Å²) in [4.78, 5) is 12.3. The van der Waals surface area contributed by atoms with E-state index in [0.717, 1.165) is 18.2 Å². The molecule has 27 heavy (non-hydrogen) atoms. The van der Waals surface area contributed by atoms with Crippen molar-refractivity contribution in [1.82, 2.24) is 4.31 Å². The molecule has 1 fully saturated rings. The van der Waals surface area contributed by atoms with Crippen LogP contribution >= 0.6 is 23.2 Å². The van der Waals surface area contributed by atoms with Gasteiger partial charge in [0.1, 0.15) is 5.82 Å². The number of hydrogen-bond donors (Lipinski definition) is 1. The Balaban J connectivity index is 1.89. The molecule has 144 valence electrons. The van der Waals surface area contributed by atoms with Gasteiger partial charge in [-0.15, -0.1) is 0 Å². The number of morpholine rings is 1. The van der Waals surface area contributed by atoms with E-state index in [1.54, 1.807) is 0 Å². The zero-order valence-electron chi connectivity index (χ0n) is 13.9. The van der Waals surface area contributed by atoms with Crippen LogP contribution in [-0.2, 0) is 14.8 Å². The van der Waals surface area contributed by atoms with Gasteiger partial charge in [-0.05, 0) is 36.4 Å². The molecule has 0 atom stereocenters. The maximum atomic E-state index is 14.2. The Hall–Kier alpha value is -1.71. The van der Waals surface area contributed by atoms with E-state index in [-0.39, 0.29) is 41.9 Å². The van der Waals surface area contributed by atoms with Gasteiger partial charge in [0.15, 0.2) is 0 Å². The number of halogens is 3. The molecular weight excluding hydrogens is 418 g/mol. The third-order valence-corrected chi connectivity index (χ3v) is 6.41. The first-order valence-corrected chi connectivity index (χ1v) is 10.1.